The van der Waals surface area contributed by atoms with Gasteiger partial charge in [-0.3, -0.25) is 9.69 Å². The van der Waals surface area contributed by atoms with E-state index >= 15 is 0 Å². The lowest BCUT2D eigenvalue weighted by molar-refractivity contribution is -0.126. The van der Waals surface area contributed by atoms with Gasteiger partial charge in [0.15, 0.2) is 5.17 Å². The van der Waals surface area contributed by atoms with Gasteiger partial charge in [-0.1, -0.05) is 67.6 Å². The van der Waals surface area contributed by atoms with Crippen LogP contribution < -0.4 is 0 Å². The Bertz CT molecular complexity index is 1020. The number of carbonyl (C=O) groups is 1. The third-order valence-electron chi connectivity index (χ3n) is 4.65. The van der Waals surface area contributed by atoms with E-state index in [9.17, 15) is 4.79 Å². The van der Waals surface area contributed by atoms with Crippen LogP contribution in [0.25, 0.3) is 10.8 Å². The van der Waals surface area contributed by atoms with Crippen LogP contribution in [-0.4, -0.2) is 27.4 Å². The van der Waals surface area contributed by atoms with Gasteiger partial charge in [-0.05, 0) is 34.9 Å². The molecule has 1 atom stereocenters. The topological polar surface area (TPSA) is 58.2 Å². The smallest absolute Gasteiger partial charge is 0.242 e. The highest BCUT2D eigenvalue weighted by Crippen LogP contribution is 2.32. The van der Waals surface area contributed by atoms with E-state index < -0.39 is 0 Å². The lowest BCUT2D eigenvalue weighted by Gasteiger charge is -2.17. The van der Waals surface area contributed by atoms with E-state index in [4.69, 9.17) is 4.42 Å². The summed E-state index contributed by atoms with van der Waals surface area (Å²) in [6.07, 6.45) is 4.93. The third-order valence-corrected chi connectivity index (χ3v) is 5.89. The maximum Gasteiger partial charge on any atom is 0.242 e. The molecule has 0 aliphatic carbocycles. The average molecular weight is 391 g/mol. The molecule has 5 nitrogen and oxygen atoms in total. The number of hydrogen-bond donors (Lipinski definition) is 0. The van der Waals surface area contributed by atoms with Crippen molar-refractivity contribution in [3.8, 4) is 0 Å². The predicted octanol–water partition coefficient (Wildman–Crippen LogP) is 5.07. The maximum atomic E-state index is 13.0. The Kier molecular flexibility index (Phi) is 5.58. The SMILES string of the molecule is CCC[C@H]1S/C(=N/N=C\c2ccco2)N(Cc2cccc3ccccc23)C1=O. The Labute approximate surface area is 168 Å². The molecule has 0 unspecified atom stereocenters. The van der Waals surface area contributed by atoms with E-state index in [1.54, 1.807) is 23.4 Å². The minimum atomic E-state index is -0.0995. The molecule has 1 aromatic heterocycles. The fourth-order valence-electron chi connectivity index (χ4n) is 3.28. The van der Waals surface area contributed by atoms with Crippen LogP contribution in [0.15, 0.2) is 75.5 Å². The Morgan fingerprint density at radius 3 is 2.82 bits per heavy atom. The second kappa shape index (κ2) is 8.44. The van der Waals surface area contributed by atoms with Crippen LogP contribution in [0.1, 0.15) is 31.1 Å². The van der Waals surface area contributed by atoms with E-state index in [1.165, 1.54) is 17.1 Å². The molecule has 6 heteroatoms. The molecule has 0 bridgehead atoms. The number of rotatable bonds is 6. The van der Waals surface area contributed by atoms with E-state index in [0.717, 1.165) is 23.8 Å². The zero-order valence-corrected chi connectivity index (χ0v) is 16.4. The molecule has 142 valence electrons. The highest BCUT2D eigenvalue weighted by atomic mass is 32.2. The molecule has 0 N–H and O–H groups in total. The van der Waals surface area contributed by atoms with E-state index in [2.05, 4.69) is 41.4 Å². The minimum Gasteiger partial charge on any atom is -0.463 e. The molecule has 0 spiro atoms. The molecule has 1 fully saturated rings. The largest absolute Gasteiger partial charge is 0.463 e. The molecule has 28 heavy (non-hydrogen) atoms. The number of amides is 1. The summed E-state index contributed by atoms with van der Waals surface area (Å²) in [5.41, 5.74) is 1.10. The first-order chi connectivity index (χ1) is 13.8. The highest BCUT2D eigenvalue weighted by Gasteiger charge is 2.37. The normalized spacial score (nSPS) is 18.8. The number of thioether (sulfide) groups is 1. The molecule has 3 aromatic rings. The van der Waals surface area contributed by atoms with Gasteiger partial charge >= 0.3 is 0 Å². The number of furan rings is 1. The third kappa shape index (κ3) is 3.87. The van der Waals surface area contributed by atoms with Gasteiger partial charge in [0.25, 0.3) is 0 Å². The molecule has 1 saturated heterocycles. The molecule has 0 radical (unpaired) electrons. The fraction of sp³-hybridized carbons (Fsp3) is 0.227. The van der Waals surface area contributed by atoms with Gasteiger partial charge < -0.3 is 4.42 Å². The number of fused-ring (bicyclic) bond motifs is 1. The summed E-state index contributed by atoms with van der Waals surface area (Å²) in [5.74, 6) is 0.733. The molecule has 1 aliphatic rings. The van der Waals surface area contributed by atoms with Crippen molar-refractivity contribution in [3.05, 3.63) is 72.2 Å². The summed E-state index contributed by atoms with van der Waals surface area (Å²) in [6.45, 7) is 2.58. The van der Waals surface area contributed by atoms with Gasteiger partial charge in [0.1, 0.15) is 5.76 Å². The van der Waals surface area contributed by atoms with Crippen molar-refractivity contribution in [2.24, 2.45) is 10.2 Å². The van der Waals surface area contributed by atoms with Crippen molar-refractivity contribution in [2.75, 3.05) is 0 Å². The van der Waals surface area contributed by atoms with Crippen LogP contribution in [0.3, 0.4) is 0 Å². The van der Waals surface area contributed by atoms with Gasteiger partial charge in [-0.2, -0.15) is 5.10 Å². The van der Waals surface area contributed by atoms with Gasteiger partial charge in [0.2, 0.25) is 5.91 Å². The van der Waals surface area contributed by atoms with Gasteiger partial charge in [0, 0.05) is 0 Å². The van der Waals surface area contributed by atoms with Crippen molar-refractivity contribution in [2.45, 2.75) is 31.6 Å². The Morgan fingerprint density at radius 2 is 2.00 bits per heavy atom. The van der Waals surface area contributed by atoms with E-state index in [-0.39, 0.29) is 11.2 Å². The van der Waals surface area contributed by atoms with Crippen LogP contribution in [-0.2, 0) is 11.3 Å². The lowest BCUT2D eigenvalue weighted by Crippen LogP contribution is -2.31. The molecule has 0 saturated carbocycles. The van der Waals surface area contributed by atoms with Crippen LogP contribution >= 0.6 is 11.8 Å². The summed E-state index contributed by atoms with van der Waals surface area (Å²) in [6, 6.07) is 18.0. The van der Waals surface area contributed by atoms with Gasteiger partial charge in [-0.15, -0.1) is 5.10 Å². The van der Waals surface area contributed by atoms with Crippen molar-refractivity contribution >= 4 is 39.8 Å². The standard InChI is InChI=1S/C22H21N3O2S/c1-2-7-20-21(26)25(22(28-20)24-23-14-18-11-6-13-27-18)15-17-10-5-9-16-8-3-4-12-19(16)17/h3-6,8-14,20H,2,7,15H2,1H3/b23-14-,24-22+/t20-/m1/s1. The number of hydrogen-bond acceptors (Lipinski definition) is 5. The van der Waals surface area contributed by atoms with Crippen LogP contribution in [0.4, 0.5) is 0 Å². The van der Waals surface area contributed by atoms with Gasteiger partial charge in [-0.25, -0.2) is 0 Å². The summed E-state index contributed by atoms with van der Waals surface area (Å²) >= 11 is 1.50. The molecule has 1 aliphatic heterocycles. The number of nitrogens with zero attached hydrogens (tertiary/aromatic N) is 3. The zero-order chi connectivity index (χ0) is 19.3. The summed E-state index contributed by atoms with van der Waals surface area (Å²) in [5, 5.41) is 11.3. The zero-order valence-electron chi connectivity index (χ0n) is 15.6. The first-order valence-electron chi connectivity index (χ1n) is 9.35. The lowest BCUT2D eigenvalue weighted by atomic mass is 10.0. The summed E-state index contributed by atoms with van der Waals surface area (Å²) < 4.78 is 5.24. The van der Waals surface area contributed by atoms with Crippen LogP contribution in [0.2, 0.25) is 0 Å². The monoisotopic (exact) mass is 391 g/mol. The van der Waals surface area contributed by atoms with Crippen LogP contribution in [0, 0.1) is 0 Å². The fourth-order valence-corrected chi connectivity index (χ4v) is 4.49. The molecular formula is C22H21N3O2S. The Hall–Kier alpha value is -2.86. The first kappa shape index (κ1) is 18.5. The van der Waals surface area contributed by atoms with Crippen molar-refractivity contribution in [1.29, 1.82) is 0 Å². The van der Waals surface area contributed by atoms with E-state index in [1.807, 2.05) is 24.3 Å². The molecule has 1 amide bonds. The first-order valence-corrected chi connectivity index (χ1v) is 10.2. The average Bonchev–Trinajstić information content (AvgIpc) is 3.33. The van der Waals surface area contributed by atoms with Crippen molar-refractivity contribution in [3.63, 3.8) is 0 Å². The summed E-state index contributed by atoms with van der Waals surface area (Å²) in [4.78, 5) is 14.7. The second-order valence-corrected chi connectivity index (χ2v) is 7.77. The number of benzene rings is 2. The van der Waals surface area contributed by atoms with Crippen LogP contribution in [0.5, 0.6) is 0 Å². The van der Waals surface area contributed by atoms with Crippen molar-refractivity contribution < 1.29 is 9.21 Å². The number of carbonyl (C=O) groups excluding carboxylic acids is 1. The minimum absolute atomic E-state index is 0.0995. The summed E-state index contributed by atoms with van der Waals surface area (Å²) in [7, 11) is 0. The highest BCUT2D eigenvalue weighted by molar-refractivity contribution is 8.15. The number of amidine groups is 1. The van der Waals surface area contributed by atoms with E-state index in [0.29, 0.717) is 17.5 Å². The quantitative estimate of drug-likeness (QED) is 0.435. The molecule has 2 aromatic carbocycles. The molecular weight excluding hydrogens is 370 g/mol. The maximum absolute atomic E-state index is 13.0. The second-order valence-electron chi connectivity index (χ2n) is 6.60. The van der Waals surface area contributed by atoms with Crippen molar-refractivity contribution in [1.82, 2.24) is 4.90 Å². The Morgan fingerprint density at radius 1 is 1.14 bits per heavy atom. The molecule has 4 rings (SSSR count). The Balaban J connectivity index is 1.63. The molecule has 2 heterocycles. The van der Waals surface area contributed by atoms with Gasteiger partial charge in [0.05, 0.1) is 24.3 Å². The predicted molar refractivity (Wildman–Crippen MR) is 115 cm³/mol.